The number of aromatic nitrogens is 2. The molecule has 0 bridgehead atoms. The molecular formula is C15H18N2O2. The summed E-state index contributed by atoms with van der Waals surface area (Å²) in [5.74, 6) is 1.37. The Bertz CT molecular complexity index is 577. The van der Waals surface area contributed by atoms with Crippen molar-refractivity contribution in [2.75, 3.05) is 0 Å². The fourth-order valence-electron chi connectivity index (χ4n) is 2.61. The number of rotatable bonds is 3. The van der Waals surface area contributed by atoms with Gasteiger partial charge in [-0.2, -0.15) is 4.98 Å². The molecule has 3 rings (SSSR count). The highest BCUT2D eigenvalue weighted by atomic mass is 16.5. The topological polar surface area (TPSA) is 59.2 Å². The van der Waals surface area contributed by atoms with Gasteiger partial charge in [-0.1, -0.05) is 36.3 Å². The highest BCUT2D eigenvalue weighted by molar-refractivity contribution is 5.38. The third-order valence-electron chi connectivity index (χ3n) is 4.02. The molecule has 0 saturated carbocycles. The van der Waals surface area contributed by atoms with E-state index in [1.165, 1.54) is 11.1 Å². The lowest BCUT2D eigenvalue weighted by Gasteiger charge is -2.08. The SMILES string of the molecule is CC(O)C(C)c1nc(C2CCc3ccccc32)no1. The molecule has 0 saturated heterocycles. The van der Waals surface area contributed by atoms with Crippen LogP contribution in [0, 0.1) is 0 Å². The van der Waals surface area contributed by atoms with Crippen LogP contribution in [0.5, 0.6) is 0 Å². The van der Waals surface area contributed by atoms with Crippen LogP contribution in [0.2, 0.25) is 0 Å². The van der Waals surface area contributed by atoms with Crippen molar-refractivity contribution in [2.45, 2.75) is 44.6 Å². The minimum atomic E-state index is -0.482. The smallest absolute Gasteiger partial charge is 0.232 e. The van der Waals surface area contributed by atoms with Crippen molar-refractivity contribution < 1.29 is 9.63 Å². The molecule has 0 spiro atoms. The first-order chi connectivity index (χ1) is 9.16. The normalized spacial score (nSPS) is 21.1. The Labute approximate surface area is 112 Å². The van der Waals surface area contributed by atoms with Crippen LogP contribution in [-0.2, 0) is 6.42 Å². The first-order valence-corrected chi connectivity index (χ1v) is 6.76. The minimum Gasteiger partial charge on any atom is -0.393 e. The van der Waals surface area contributed by atoms with Gasteiger partial charge in [0.25, 0.3) is 0 Å². The Morgan fingerprint density at radius 2 is 2.11 bits per heavy atom. The number of hydrogen-bond acceptors (Lipinski definition) is 4. The summed E-state index contributed by atoms with van der Waals surface area (Å²) in [6.07, 6.45) is 1.61. The third-order valence-corrected chi connectivity index (χ3v) is 4.02. The molecule has 0 amide bonds. The molecule has 1 heterocycles. The summed E-state index contributed by atoms with van der Waals surface area (Å²) in [6.45, 7) is 3.63. The van der Waals surface area contributed by atoms with Crippen molar-refractivity contribution in [3.63, 3.8) is 0 Å². The highest BCUT2D eigenvalue weighted by Gasteiger charge is 2.29. The predicted molar refractivity (Wildman–Crippen MR) is 71.0 cm³/mol. The van der Waals surface area contributed by atoms with Gasteiger partial charge >= 0.3 is 0 Å². The van der Waals surface area contributed by atoms with E-state index in [1.807, 2.05) is 6.92 Å². The second-order valence-corrected chi connectivity index (χ2v) is 5.31. The first kappa shape index (κ1) is 12.4. The Morgan fingerprint density at radius 3 is 2.89 bits per heavy atom. The molecule has 3 atom stereocenters. The van der Waals surface area contributed by atoms with Crippen molar-refractivity contribution in [3.8, 4) is 0 Å². The van der Waals surface area contributed by atoms with Crippen molar-refractivity contribution >= 4 is 0 Å². The number of benzene rings is 1. The summed E-state index contributed by atoms with van der Waals surface area (Å²) in [5.41, 5.74) is 2.68. The summed E-state index contributed by atoms with van der Waals surface area (Å²) in [7, 11) is 0. The quantitative estimate of drug-likeness (QED) is 0.919. The predicted octanol–water partition coefficient (Wildman–Crippen LogP) is 2.63. The van der Waals surface area contributed by atoms with Gasteiger partial charge in [0.05, 0.1) is 12.0 Å². The molecule has 2 aromatic rings. The van der Waals surface area contributed by atoms with Crippen molar-refractivity contribution in [1.82, 2.24) is 10.1 Å². The fourth-order valence-corrected chi connectivity index (χ4v) is 2.61. The summed E-state index contributed by atoms with van der Waals surface area (Å²) < 4.78 is 5.29. The van der Waals surface area contributed by atoms with E-state index in [9.17, 15) is 5.11 Å². The average Bonchev–Trinajstić information content (AvgIpc) is 3.03. The maximum atomic E-state index is 9.58. The Balaban J connectivity index is 1.89. The highest BCUT2D eigenvalue weighted by Crippen LogP contribution is 2.36. The lowest BCUT2D eigenvalue weighted by atomic mass is 10.0. The average molecular weight is 258 g/mol. The number of aliphatic hydroxyl groups is 1. The van der Waals surface area contributed by atoms with Crippen LogP contribution in [0.25, 0.3) is 0 Å². The lowest BCUT2D eigenvalue weighted by molar-refractivity contribution is 0.151. The number of fused-ring (bicyclic) bond motifs is 1. The number of nitrogens with zero attached hydrogens (tertiary/aromatic N) is 2. The lowest BCUT2D eigenvalue weighted by Crippen LogP contribution is -2.11. The van der Waals surface area contributed by atoms with Crippen LogP contribution in [0.15, 0.2) is 28.8 Å². The summed E-state index contributed by atoms with van der Waals surface area (Å²) in [6, 6.07) is 8.42. The molecule has 1 aliphatic rings. The van der Waals surface area contributed by atoms with Crippen molar-refractivity contribution in [1.29, 1.82) is 0 Å². The number of aryl methyl sites for hydroxylation is 1. The monoisotopic (exact) mass is 258 g/mol. The zero-order chi connectivity index (χ0) is 13.4. The van der Waals surface area contributed by atoms with Gasteiger partial charge in [0.15, 0.2) is 5.82 Å². The first-order valence-electron chi connectivity index (χ1n) is 6.76. The van der Waals surface area contributed by atoms with Gasteiger partial charge < -0.3 is 9.63 Å². The molecule has 3 unspecified atom stereocenters. The van der Waals surface area contributed by atoms with Gasteiger partial charge in [0.2, 0.25) is 5.89 Å². The minimum absolute atomic E-state index is 0.127. The summed E-state index contributed by atoms with van der Waals surface area (Å²) >= 11 is 0. The largest absolute Gasteiger partial charge is 0.393 e. The zero-order valence-corrected chi connectivity index (χ0v) is 11.2. The Hall–Kier alpha value is -1.68. The van der Waals surface area contributed by atoms with Crippen LogP contribution in [0.1, 0.15) is 54.9 Å². The maximum absolute atomic E-state index is 9.58. The summed E-state index contributed by atoms with van der Waals surface area (Å²) in [5, 5.41) is 13.7. The molecule has 1 N–H and O–H groups in total. The van der Waals surface area contributed by atoms with Crippen molar-refractivity contribution in [2.24, 2.45) is 0 Å². The van der Waals surface area contributed by atoms with E-state index in [0.29, 0.717) is 5.89 Å². The van der Waals surface area contributed by atoms with Gasteiger partial charge in [-0.05, 0) is 30.9 Å². The van der Waals surface area contributed by atoms with Crippen LogP contribution in [0.3, 0.4) is 0 Å². The summed E-state index contributed by atoms with van der Waals surface area (Å²) in [4.78, 5) is 4.47. The Kier molecular flexibility index (Phi) is 3.11. The molecule has 100 valence electrons. The molecular weight excluding hydrogens is 240 g/mol. The third kappa shape index (κ3) is 2.16. The number of hydrogen-bond donors (Lipinski definition) is 1. The van der Waals surface area contributed by atoms with Gasteiger partial charge in [-0.3, -0.25) is 0 Å². The van der Waals surface area contributed by atoms with E-state index in [-0.39, 0.29) is 11.8 Å². The second kappa shape index (κ2) is 4.78. The van der Waals surface area contributed by atoms with E-state index < -0.39 is 6.10 Å². The molecule has 19 heavy (non-hydrogen) atoms. The zero-order valence-electron chi connectivity index (χ0n) is 11.2. The Morgan fingerprint density at radius 1 is 1.32 bits per heavy atom. The van der Waals surface area contributed by atoms with Gasteiger partial charge in [0, 0.05) is 5.92 Å². The van der Waals surface area contributed by atoms with Crippen LogP contribution >= 0.6 is 0 Å². The van der Waals surface area contributed by atoms with Crippen LogP contribution < -0.4 is 0 Å². The van der Waals surface area contributed by atoms with E-state index >= 15 is 0 Å². The standard InChI is InChI=1S/C15H18N2O2/c1-9(10(2)18)15-16-14(17-19-15)13-8-7-11-5-3-4-6-12(11)13/h3-6,9-10,13,18H,7-8H2,1-2H3. The van der Waals surface area contributed by atoms with E-state index in [1.54, 1.807) is 6.92 Å². The molecule has 1 aliphatic carbocycles. The fraction of sp³-hybridized carbons (Fsp3) is 0.467. The molecule has 4 heteroatoms. The molecule has 1 aromatic carbocycles. The molecule has 1 aromatic heterocycles. The van der Waals surface area contributed by atoms with E-state index in [0.717, 1.165) is 18.7 Å². The number of aliphatic hydroxyl groups excluding tert-OH is 1. The van der Waals surface area contributed by atoms with Gasteiger partial charge in [-0.25, -0.2) is 0 Å². The van der Waals surface area contributed by atoms with Crippen LogP contribution in [0.4, 0.5) is 0 Å². The van der Waals surface area contributed by atoms with Gasteiger partial charge in [0.1, 0.15) is 0 Å². The van der Waals surface area contributed by atoms with Gasteiger partial charge in [-0.15, -0.1) is 0 Å². The van der Waals surface area contributed by atoms with Crippen molar-refractivity contribution in [3.05, 3.63) is 47.1 Å². The van der Waals surface area contributed by atoms with E-state index in [2.05, 4.69) is 34.4 Å². The van der Waals surface area contributed by atoms with Crippen LogP contribution in [-0.4, -0.2) is 21.4 Å². The van der Waals surface area contributed by atoms with E-state index in [4.69, 9.17) is 4.52 Å². The molecule has 4 nitrogen and oxygen atoms in total. The molecule has 0 aliphatic heterocycles. The second-order valence-electron chi connectivity index (χ2n) is 5.31. The molecule has 0 fully saturated rings. The maximum Gasteiger partial charge on any atom is 0.232 e. The molecule has 0 radical (unpaired) electrons.